The predicted octanol–water partition coefficient (Wildman–Crippen LogP) is 2.25. The van der Waals surface area contributed by atoms with Crippen molar-refractivity contribution in [1.82, 2.24) is 0 Å². The molecule has 0 aliphatic heterocycles. The largest absolute Gasteiger partial charge is 0.399 e. The molecular weight excluding hydrogens is 274 g/mol. The zero-order valence-electron chi connectivity index (χ0n) is 10.8. The van der Waals surface area contributed by atoms with Crippen LogP contribution >= 0.6 is 0 Å². The molecule has 3 N–H and O–H groups in total. The number of aryl methyl sites for hydroxylation is 1. The summed E-state index contributed by atoms with van der Waals surface area (Å²) < 4.78 is 27.1. The van der Waals surface area contributed by atoms with Gasteiger partial charge < -0.3 is 5.73 Å². The minimum Gasteiger partial charge on any atom is -0.399 e. The first kappa shape index (κ1) is 13.9. The summed E-state index contributed by atoms with van der Waals surface area (Å²) in [4.78, 5) is 0.102. The van der Waals surface area contributed by atoms with Gasteiger partial charge in [-0.2, -0.15) is 5.26 Å². The number of hydrogen-bond donors (Lipinski definition) is 2. The van der Waals surface area contributed by atoms with Gasteiger partial charge in [-0.25, -0.2) is 8.42 Å². The SMILES string of the molecule is Cc1ccc(N)cc1S(=O)(=O)Nc1ccccc1C#N. The summed E-state index contributed by atoms with van der Waals surface area (Å²) in [5.74, 6) is 0. The number of nitrogen functional groups attached to an aromatic ring is 1. The smallest absolute Gasteiger partial charge is 0.262 e. The van der Waals surface area contributed by atoms with Crippen LogP contribution < -0.4 is 10.5 Å². The van der Waals surface area contributed by atoms with E-state index in [0.717, 1.165) is 0 Å². The van der Waals surface area contributed by atoms with Crippen LogP contribution in [0.2, 0.25) is 0 Å². The Balaban J connectivity index is 2.47. The second kappa shape index (κ2) is 5.23. The van der Waals surface area contributed by atoms with Crippen LogP contribution in [0.5, 0.6) is 0 Å². The van der Waals surface area contributed by atoms with Crippen molar-refractivity contribution < 1.29 is 8.42 Å². The zero-order chi connectivity index (χ0) is 14.8. The lowest BCUT2D eigenvalue weighted by molar-refractivity contribution is 0.600. The summed E-state index contributed by atoms with van der Waals surface area (Å²) in [6.45, 7) is 1.68. The second-order valence-corrected chi connectivity index (χ2v) is 5.94. The molecule has 20 heavy (non-hydrogen) atoms. The van der Waals surface area contributed by atoms with E-state index in [0.29, 0.717) is 11.3 Å². The van der Waals surface area contributed by atoms with Gasteiger partial charge in [-0.15, -0.1) is 0 Å². The van der Waals surface area contributed by atoms with Gasteiger partial charge in [-0.05, 0) is 36.8 Å². The summed E-state index contributed by atoms with van der Waals surface area (Å²) in [5, 5.41) is 8.98. The monoisotopic (exact) mass is 287 g/mol. The van der Waals surface area contributed by atoms with Gasteiger partial charge in [0.15, 0.2) is 0 Å². The fourth-order valence-corrected chi connectivity index (χ4v) is 3.14. The van der Waals surface area contributed by atoms with Crippen LogP contribution in [0.25, 0.3) is 0 Å². The van der Waals surface area contributed by atoms with Gasteiger partial charge in [0.05, 0.1) is 16.1 Å². The summed E-state index contributed by atoms with van der Waals surface area (Å²) in [7, 11) is -3.78. The molecule has 6 heteroatoms. The summed E-state index contributed by atoms with van der Waals surface area (Å²) in [6, 6.07) is 13.0. The molecule has 0 saturated carbocycles. The van der Waals surface area contributed by atoms with E-state index < -0.39 is 10.0 Å². The minimum atomic E-state index is -3.78. The van der Waals surface area contributed by atoms with Crippen LogP contribution in [0.15, 0.2) is 47.4 Å². The van der Waals surface area contributed by atoms with Gasteiger partial charge in [0, 0.05) is 5.69 Å². The number of nitrogens with two attached hydrogens (primary N) is 1. The fourth-order valence-electron chi connectivity index (χ4n) is 1.78. The van der Waals surface area contributed by atoms with Crippen molar-refractivity contribution in [2.75, 3.05) is 10.5 Å². The van der Waals surface area contributed by atoms with Crippen molar-refractivity contribution in [1.29, 1.82) is 5.26 Å². The number of nitrogens with zero attached hydrogens (tertiary/aromatic N) is 1. The van der Waals surface area contributed by atoms with Crippen molar-refractivity contribution in [2.24, 2.45) is 0 Å². The Bertz CT molecular complexity index is 792. The first-order valence-corrected chi connectivity index (χ1v) is 7.30. The Kier molecular flexibility index (Phi) is 3.63. The van der Waals surface area contributed by atoms with E-state index in [1.54, 1.807) is 37.3 Å². The number of benzene rings is 2. The van der Waals surface area contributed by atoms with Crippen LogP contribution in [0, 0.1) is 18.3 Å². The van der Waals surface area contributed by atoms with Gasteiger partial charge in [0.2, 0.25) is 0 Å². The van der Waals surface area contributed by atoms with Gasteiger partial charge >= 0.3 is 0 Å². The molecule has 0 bridgehead atoms. The zero-order valence-corrected chi connectivity index (χ0v) is 11.6. The Morgan fingerprint density at radius 2 is 1.90 bits per heavy atom. The molecule has 0 unspecified atom stereocenters. The Labute approximate surface area is 117 Å². The topological polar surface area (TPSA) is 96.0 Å². The van der Waals surface area contributed by atoms with Crippen LogP contribution in [0.4, 0.5) is 11.4 Å². The number of nitrogens with one attached hydrogen (secondary N) is 1. The summed E-state index contributed by atoms with van der Waals surface area (Å²) >= 11 is 0. The van der Waals surface area contributed by atoms with E-state index in [1.807, 2.05) is 6.07 Å². The summed E-state index contributed by atoms with van der Waals surface area (Å²) in [5.41, 5.74) is 7.09. The molecule has 0 amide bonds. The van der Waals surface area contributed by atoms with E-state index >= 15 is 0 Å². The number of para-hydroxylation sites is 1. The molecular formula is C14H13N3O2S. The normalized spacial score (nSPS) is 10.8. The summed E-state index contributed by atoms with van der Waals surface area (Å²) in [6.07, 6.45) is 0. The lowest BCUT2D eigenvalue weighted by atomic mass is 10.2. The Morgan fingerprint density at radius 3 is 2.60 bits per heavy atom. The third-order valence-electron chi connectivity index (χ3n) is 2.79. The van der Waals surface area contributed by atoms with E-state index in [-0.39, 0.29) is 16.1 Å². The fraction of sp³-hybridized carbons (Fsp3) is 0.0714. The van der Waals surface area contributed by atoms with E-state index in [1.165, 1.54) is 12.1 Å². The molecule has 0 spiro atoms. The average Bonchev–Trinajstić information content (AvgIpc) is 2.41. The van der Waals surface area contributed by atoms with Crippen molar-refractivity contribution in [3.8, 4) is 6.07 Å². The van der Waals surface area contributed by atoms with Crippen molar-refractivity contribution >= 4 is 21.4 Å². The molecule has 0 aromatic heterocycles. The van der Waals surface area contributed by atoms with Crippen molar-refractivity contribution in [3.63, 3.8) is 0 Å². The number of sulfonamides is 1. The molecule has 0 radical (unpaired) electrons. The highest BCUT2D eigenvalue weighted by Gasteiger charge is 2.18. The predicted molar refractivity (Wildman–Crippen MR) is 77.6 cm³/mol. The highest BCUT2D eigenvalue weighted by atomic mass is 32.2. The quantitative estimate of drug-likeness (QED) is 0.846. The van der Waals surface area contributed by atoms with E-state index in [9.17, 15) is 8.42 Å². The highest BCUT2D eigenvalue weighted by molar-refractivity contribution is 7.92. The maximum atomic E-state index is 12.4. The van der Waals surface area contributed by atoms with E-state index in [4.69, 9.17) is 11.0 Å². The Hall–Kier alpha value is -2.52. The van der Waals surface area contributed by atoms with Crippen molar-refractivity contribution in [3.05, 3.63) is 53.6 Å². The molecule has 0 aliphatic carbocycles. The van der Waals surface area contributed by atoms with Crippen LogP contribution in [-0.2, 0) is 10.0 Å². The number of anilines is 2. The van der Waals surface area contributed by atoms with Crippen molar-refractivity contribution in [2.45, 2.75) is 11.8 Å². The number of nitriles is 1. The minimum absolute atomic E-state index is 0.102. The molecule has 102 valence electrons. The third-order valence-corrected chi connectivity index (χ3v) is 4.30. The molecule has 0 atom stereocenters. The molecule has 0 saturated heterocycles. The lowest BCUT2D eigenvalue weighted by Gasteiger charge is -2.11. The molecule has 0 aliphatic rings. The lowest BCUT2D eigenvalue weighted by Crippen LogP contribution is -2.15. The first-order valence-electron chi connectivity index (χ1n) is 5.82. The maximum absolute atomic E-state index is 12.4. The second-order valence-electron chi connectivity index (χ2n) is 4.29. The maximum Gasteiger partial charge on any atom is 0.262 e. The highest BCUT2D eigenvalue weighted by Crippen LogP contribution is 2.23. The van der Waals surface area contributed by atoms with E-state index in [2.05, 4.69) is 4.72 Å². The molecule has 5 nitrogen and oxygen atoms in total. The van der Waals surface area contributed by atoms with Crippen LogP contribution in [0.1, 0.15) is 11.1 Å². The first-order chi connectivity index (χ1) is 9.44. The standard InChI is InChI=1S/C14H13N3O2S/c1-10-6-7-12(16)8-14(10)20(18,19)17-13-5-3-2-4-11(13)9-15/h2-8,17H,16H2,1H3. The van der Waals surface area contributed by atoms with Gasteiger partial charge in [-0.3, -0.25) is 4.72 Å². The molecule has 0 fully saturated rings. The molecule has 2 rings (SSSR count). The Morgan fingerprint density at radius 1 is 1.20 bits per heavy atom. The van der Waals surface area contributed by atoms with Gasteiger partial charge in [0.1, 0.15) is 6.07 Å². The number of rotatable bonds is 3. The molecule has 2 aromatic rings. The third kappa shape index (κ3) is 2.73. The molecule has 0 heterocycles. The van der Waals surface area contributed by atoms with Gasteiger partial charge in [-0.1, -0.05) is 18.2 Å². The number of hydrogen-bond acceptors (Lipinski definition) is 4. The van der Waals surface area contributed by atoms with Gasteiger partial charge in [0.25, 0.3) is 10.0 Å². The average molecular weight is 287 g/mol. The van der Waals surface area contributed by atoms with Crippen LogP contribution in [0.3, 0.4) is 0 Å². The van der Waals surface area contributed by atoms with Crippen LogP contribution in [-0.4, -0.2) is 8.42 Å². The molecule has 2 aromatic carbocycles.